The van der Waals surface area contributed by atoms with Crippen LogP contribution in [0.25, 0.3) is 0 Å². The number of likely N-dealkylation sites (N-methyl/N-ethyl adjacent to an activating group) is 1. The minimum atomic E-state index is -4.23. The number of hydrogen-bond acceptors (Lipinski definition) is 3. The van der Waals surface area contributed by atoms with Crippen LogP contribution in [-0.4, -0.2) is 46.2 Å². The molecule has 0 heterocycles. The molecule has 6 heteroatoms. The maximum Gasteiger partial charge on any atom is 0.411 e. The highest BCUT2D eigenvalue weighted by atomic mass is 19.4. The summed E-state index contributed by atoms with van der Waals surface area (Å²) in [5.41, 5.74) is 0. The monoisotopic (exact) mass is 215 g/mol. The summed E-state index contributed by atoms with van der Waals surface area (Å²) in [5, 5.41) is 2.88. The van der Waals surface area contributed by atoms with E-state index >= 15 is 0 Å². The fourth-order valence-electron chi connectivity index (χ4n) is 0.727. The van der Waals surface area contributed by atoms with Gasteiger partial charge in [-0.25, -0.2) is 0 Å². The summed E-state index contributed by atoms with van der Waals surface area (Å²) < 4.78 is 44.2. The van der Waals surface area contributed by atoms with Crippen molar-refractivity contribution in [1.29, 1.82) is 0 Å². The Balaban J connectivity index is 2.99. The number of nitrogens with one attached hydrogen (secondary N) is 1. The van der Waals surface area contributed by atoms with Gasteiger partial charge in [0.1, 0.15) is 6.61 Å². The summed E-state index contributed by atoms with van der Waals surface area (Å²) in [4.78, 5) is 0. The van der Waals surface area contributed by atoms with Crippen LogP contribution >= 0.6 is 0 Å². The summed E-state index contributed by atoms with van der Waals surface area (Å²) in [7, 11) is 1.80. The van der Waals surface area contributed by atoms with Crippen molar-refractivity contribution in [3.63, 3.8) is 0 Å². The molecule has 0 aromatic heterocycles. The van der Waals surface area contributed by atoms with Gasteiger partial charge in [-0.15, -0.1) is 0 Å². The Morgan fingerprint density at radius 3 is 2.29 bits per heavy atom. The molecule has 0 aromatic rings. The summed E-state index contributed by atoms with van der Waals surface area (Å²) >= 11 is 0. The number of alkyl halides is 3. The van der Waals surface area contributed by atoms with Gasteiger partial charge in [-0.05, 0) is 13.5 Å². The summed E-state index contributed by atoms with van der Waals surface area (Å²) in [6.45, 7) is 0.640. The van der Waals surface area contributed by atoms with Gasteiger partial charge in [-0.2, -0.15) is 13.2 Å². The molecular formula is C8H16F3NO2. The molecule has 0 amide bonds. The van der Waals surface area contributed by atoms with E-state index in [2.05, 4.69) is 10.1 Å². The Labute approximate surface area is 81.6 Å². The molecule has 0 saturated heterocycles. The van der Waals surface area contributed by atoms with E-state index in [0.717, 1.165) is 6.54 Å². The maximum atomic E-state index is 11.6. The first-order chi connectivity index (χ1) is 6.56. The van der Waals surface area contributed by atoms with E-state index in [1.165, 1.54) is 0 Å². The van der Waals surface area contributed by atoms with E-state index in [9.17, 15) is 13.2 Å². The van der Waals surface area contributed by atoms with Crippen LogP contribution in [0.5, 0.6) is 0 Å². The van der Waals surface area contributed by atoms with E-state index in [1.54, 1.807) is 7.05 Å². The van der Waals surface area contributed by atoms with Crippen molar-refractivity contribution in [2.45, 2.75) is 12.6 Å². The van der Waals surface area contributed by atoms with Gasteiger partial charge in [-0.1, -0.05) is 0 Å². The number of hydrogen-bond donors (Lipinski definition) is 1. The number of halogens is 3. The van der Waals surface area contributed by atoms with E-state index < -0.39 is 12.8 Å². The minimum Gasteiger partial charge on any atom is -0.380 e. The van der Waals surface area contributed by atoms with Gasteiger partial charge in [0.15, 0.2) is 0 Å². The van der Waals surface area contributed by atoms with Crippen molar-refractivity contribution in [3.8, 4) is 0 Å². The topological polar surface area (TPSA) is 30.5 Å². The molecule has 1 N–H and O–H groups in total. The lowest BCUT2D eigenvalue weighted by Gasteiger charge is -2.07. The first-order valence-corrected chi connectivity index (χ1v) is 4.43. The van der Waals surface area contributed by atoms with Crippen molar-refractivity contribution in [2.24, 2.45) is 0 Å². The smallest absolute Gasteiger partial charge is 0.380 e. The van der Waals surface area contributed by atoms with Crippen LogP contribution in [0.15, 0.2) is 0 Å². The lowest BCUT2D eigenvalue weighted by atomic mass is 10.5. The van der Waals surface area contributed by atoms with E-state index in [4.69, 9.17) is 4.74 Å². The largest absolute Gasteiger partial charge is 0.411 e. The second kappa shape index (κ2) is 8.02. The van der Waals surface area contributed by atoms with Crippen LogP contribution in [0.2, 0.25) is 0 Å². The molecule has 0 aliphatic heterocycles. The molecule has 0 spiro atoms. The first-order valence-electron chi connectivity index (χ1n) is 4.43. The Bertz CT molecular complexity index is 130. The molecule has 0 aromatic carbocycles. The fourth-order valence-corrected chi connectivity index (χ4v) is 0.727. The molecular weight excluding hydrogens is 199 g/mol. The third-order valence-corrected chi connectivity index (χ3v) is 1.34. The quantitative estimate of drug-likeness (QED) is 0.617. The molecule has 0 radical (unpaired) electrons. The Kier molecular flexibility index (Phi) is 7.83. The average molecular weight is 215 g/mol. The van der Waals surface area contributed by atoms with E-state index in [-0.39, 0.29) is 6.61 Å². The van der Waals surface area contributed by atoms with Crippen LogP contribution in [-0.2, 0) is 9.47 Å². The van der Waals surface area contributed by atoms with Crippen molar-refractivity contribution in [2.75, 3.05) is 40.0 Å². The van der Waals surface area contributed by atoms with Gasteiger partial charge in [0.2, 0.25) is 0 Å². The standard InChI is InChI=1S/C8H16F3NO2/c1-12-3-6-13-4-2-5-14-7-8(9,10)11/h12H,2-7H2,1H3. The molecule has 14 heavy (non-hydrogen) atoms. The lowest BCUT2D eigenvalue weighted by molar-refractivity contribution is -0.174. The molecule has 0 fully saturated rings. The van der Waals surface area contributed by atoms with Gasteiger partial charge in [0, 0.05) is 19.8 Å². The normalized spacial score (nSPS) is 12.0. The van der Waals surface area contributed by atoms with Gasteiger partial charge in [0.05, 0.1) is 6.61 Å². The summed E-state index contributed by atoms with van der Waals surface area (Å²) in [6, 6.07) is 0. The van der Waals surface area contributed by atoms with Crippen molar-refractivity contribution in [3.05, 3.63) is 0 Å². The zero-order valence-electron chi connectivity index (χ0n) is 8.19. The lowest BCUT2D eigenvalue weighted by Crippen LogP contribution is -2.18. The second-order valence-electron chi connectivity index (χ2n) is 2.74. The highest BCUT2D eigenvalue weighted by Crippen LogP contribution is 2.14. The van der Waals surface area contributed by atoms with Crippen molar-refractivity contribution in [1.82, 2.24) is 5.32 Å². The Morgan fingerprint density at radius 1 is 1.07 bits per heavy atom. The molecule has 0 aliphatic rings. The fraction of sp³-hybridized carbons (Fsp3) is 1.00. The second-order valence-corrected chi connectivity index (χ2v) is 2.74. The molecule has 0 unspecified atom stereocenters. The molecule has 0 bridgehead atoms. The molecule has 0 saturated carbocycles. The highest BCUT2D eigenvalue weighted by molar-refractivity contribution is 4.45. The zero-order chi connectivity index (χ0) is 10.9. The number of ether oxygens (including phenoxy) is 2. The predicted molar refractivity (Wildman–Crippen MR) is 46.2 cm³/mol. The van der Waals surface area contributed by atoms with E-state index in [0.29, 0.717) is 19.6 Å². The van der Waals surface area contributed by atoms with Gasteiger partial charge < -0.3 is 14.8 Å². The Morgan fingerprint density at radius 2 is 1.71 bits per heavy atom. The van der Waals surface area contributed by atoms with Crippen LogP contribution in [0.1, 0.15) is 6.42 Å². The molecule has 86 valence electrons. The third-order valence-electron chi connectivity index (χ3n) is 1.34. The predicted octanol–water partition coefficient (Wildman–Crippen LogP) is 1.19. The maximum absolute atomic E-state index is 11.6. The minimum absolute atomic E-state index is 0.0824. The van der Waals surface area contributed by atoms with E-state index in [1.807, 2.05) is 0 Å². The number of rotatable bonds is 8. The van der Waals surface area contributed by atoms with Crippen LogP contribution < -0.4 is 5.32 Å². The van der Waals surface area contributed by atoms with Gasteiger partial charge in [-0.3, -0.25) is 0 Å². The molecule has 0 aliphatic carbocycles. The van der Waals surface area contributed by atoms with Crippen molar-refractivity contribution >= 4 is 0 Å². The highest BCUT2D eigenvalue weighted by Gasteiger charge is 2.27. The molecule has 3 nitrogen and oxygen atoms in total. The van der Waals surface area contributed by atoms with Crippen LogP contribution in [0.4, 0.5) is 13.2 Å². The van der Waals surface area contributed by atoms with Crippen LogP contribution in [0.3, 0.4) is 0 Å². The SMILES string of the molecule is CNCCOCCCOCC(F)(F)F. The molecule has 0 atom stereocenters. The van der Waals surface area contributed by atoms with Crippen LogP contribution in [0, 0.1) is 0 Å². The first kappa shape index (κ1) is 13.7. The zero-order valence-corrected chi connectivity index (χ0v) is 8.19. The van der Waals surface area contributed by atoms with Crippen molar-refractivity contribution < 1.29 is 22.6 Å². The van der Waals surface area contributed by atoms with Gasteiger partial charge in [0.25, 0.3) is 0 Å². The Hall–Kier alpha value is -0.330. The molecule has 0 rings (SSSR count). The average Bonchev–Trinajstić information content (AvgIpc) is 2.08. The third kappa shape index (κ3) is 11.7. The summed E-state index contributed by atoms with van der Waals surface area (Å²) in [6.07, 6.45) is -3.74. The van der Waals surface area contributed by atoms with Gasteiger partial charge >= 0.3 is 6.18 Å². The summed E-state index contributed by atoms with van der Waals surface area (Å²) in [5.74, 6) is 0.